The molecule has 44 valence electrons. The molecule has 1 heteroatoms. The van der Waals surface area contributed by atoms with Crippen molar-refractivity contribution in [3.8, 4) is 0 Å². The second-order valence-corrected chi connectivity index (χ2v) is 2.35. The van der Waals surface area contributed by atoms with Crippen molar-refractivity contribution in [1.29, 1.82) is 0 Å². The Kier molecular flexibility index (Phi) is 3.05. The average Bonchev–Trinajstić information content (AvgIpc) is 2.22. The first-order chi connectivity index (χ1) is 4.36. The molecule has 0 radical (unpaired) electrons. The van der Waals surface area contributed by atoms with Gasteiger partial charge in [-0.1, -0.05) is 6.92 Å². The van der Waals surface area contributed by atoms with Crippen LogP contribution in [0.3, 0.4) is 0 Å². The van der Waals surface area contributed by atoms with E-state index >= 15 is 0 Å². The van der Waals surface area contributed by atoms with E-state index in [0.29, 0.717) is 0 Å². The van der Waals surface area contributed by atoms with E-state index in [0.717, 1.165) is 0 Å². The minimum Gasteiger partial charge on any atom is -0.165 e. The number of rotatable bonds is 0. The Hall–Kier alpha value is 0.765. The Bertz CT molecular complexity index is 264. The molecule has 0 saturated carbocycles. The minimum absolute atomic E-state index is 0. The van der Waals surface area contributed by atoms with Crippen molar-refractivity contribution < 1.29 is 58.2 Å². The molecule has 0 aromatic carbocycles. The van der Waals surface area contributed by atoms with Crippen LogP contribution in [0, 0.1) is 6.08 Å². The zero-order chi connectivity index (χ0) is 6.27. The van der Waals surface area contributed by atoms with Crippen LogP contribution in [0.15, 0.2) is 41.0 Å². The number of hydrogen-bond acceptors (Lipinski definition) is 0. The van der Waals surface area contributed by atoms with Crippen LogP contribution in [-0.4, -0.2) is 0 Å². The van der Waals surface area contributed by atoms with Crippen LogP contribution in [0.25, 0.3) is 0 Å². The molecule has 0 aromatic heterocycles. The summed E-state index contributed by atoms with van der Waals surface area (Å²) in [7, 11) is 0. The molecular weight excluding hydrogens is 194 g/mol. The number of allylic oxidation sites excluding steroid dienone is 8. The van der Waals surface area contributed by atoms with Gasteiger partial charge in [0.2, 0.25) is 0 Å². The van der Waals surface area contributed by atoms with E-state index in [9.17, 15) is 0 Å². The first-order valence-corrected chi connectivity index (χ1v) is 3.07. The molecule has 0 nitrogen and oxygen atoms in total. The molecule has 0 fully saturated rings. The summed E-state index contributed by atoms with van der Waals surface area (Å²) in [6.45, 7) is 2.07. The van der Waals surface area contributed by atoms with Crippen molar-refractivity contribution >= 4 is 0 Å². The topological polar surface area (TPSA) is 0 Å². The third kappa shape index (κ3) is 1.50. The van der Waals surface area contributed by atoms with E-state index in [1.165, 1.54) is 16.7 Å². The van der Waals surface area contributed by atoms with E-state index < -0.39 is 0 Å². The van der Waals surface area contributed by atoms with Crippen molar-refractivity contribution in [2.24, 2.45) is 0 Å². The molecular formula is C9H7Rb. The summed E-state index contributed by atoms with van der Waals surface area (Å²) in [5.41, 5.74) is 3.79. The molecule has 2 aliphatic rings. The van der Waals surface area contributed by atoms with Gasteiger partial charge in [0.15, 0.2) is 0 Å². The molecule has 0 unspecified atom stereocenters. The van der Waals surface area contributed by atoms with Gasteiger partial charge in [-0.2, -0.15) is 11.6 Å². The molecule has 0 bridgehead atoms. The molecule has 2 rings (SSSR count). The minimum atomic E-state index is 0. The standard InChI is InChI=1S/C9H7.Rb/c1-7-5-8-3-2-4-9(8)6-7;/h2-5H,1H3;/q-1;+1. The Morgan fingerprint density at radius 2 is 2.20 bits per heavy atom. The largest absolute Gasteiger partial charge is 1.00 e. The van der Waals surface area contributed by atoms with E-state index in [2.05, 4.69) is 37.3 Å². The van der Waals surface area contributed by atoms with Crippen LogP contribution in [0.1, 0.15) is 6.92 Å². The van der Waals surface area contributed by atoms with Crippen molar-refractivity contribution in [2.75, 3.05) is 0 Å². The third-order valence-electron chi connectivity index (χ3n) is 1.55. The first kappa shape index (κ1) is 8.86. The van der Waals surface area contributed by atoms with Gasteiger partial charge in [0, 0.05) is 0 Å². The summed E-state index contributed by atoms with van der Waals surface area (Å²) in [6, 6.07) is 0. The smallest absolute Gasteiger partial charge is 0.165 e. The van der Waals surface area contributed by atoms with Gasteiger partial charge in [-0.05, 0) is 0 Å². The molecule has 0 N–H and O–H groups in total. The van der Waals surface area contributed by atoms with Crippen molar-refractivity contribution in [3.63, 3.8) is 0 Å². The van der Waals surface area contributed by atoms with Gasteiger partial charge in [-0.25, -0.2) is 0 Å². The van der Waals surface area contributed by atoms with Gasteiger partial charge < -0.3 is 0 Å². The maximum absolute atomic E-state index is 3.24. The van der Waals surface area contributed by atoms with E-state index in [-0.39, 0.29) is 58.2 Å². The van der Waals surface area contributed by atoms with Gasteiger partial charge >= 0.3 is 58.2 Å². The average molecular weight is 201 g/mol. The second-order valence-electron chi connectivity index (χ2n) is 2.35. The zero-order valence-corrected chi connectivity index (χ0v) is 11.2. The predicted molar refractivity (Wildman–Crippen MR) is 37.7 cm³/mol. The summed E-state index contributed by atoms with van der Waals surface area (Å²) in [5.74, 6) is 0. The summed E-state index contributed by atoms with van der Waals surface area (Å²) in [5, 5.41) is 0. The maximum Gasteiger partial charge on any atom is 1.00 e. The van der Waals surface area contributed by atoms with Crippen LogP contribution in [0.4, 0.5) is 0 Å². The van der Waals surface area contributed by atoms with Crippen LogP contribution >= 0.6 is 0 Å². The normalized spacial score (nSPS) is 19.1. The van der Waals surface area contributed by atoms with Gasteiger partial charge in [0.25, 0.3) is 0 Å². The van der Waals surface area contributed by atoms with Gasteiger partial charge in [0.1, 0.15) is 0 Å². The van der Waals surface area contributed by atoms with Gasteiger partial charge in [-0.3, -0.25) is 0 Å². The van der Waals surface area contributed by atoms with E-state index in [4.69, 9.17) is 0 Å². The molecule has 0 aromatic rings. The Morgan fingerprint density at radius 3 is 2.90 bits per heavy atom. The quantitative estimate of drug-likeness (QED) is 0.448. The molecule has 10 heavy (non-hydrogen) atoms. The Morgan fingerprint density at radius 1 is 1.40 bits per heavy atom. The van der Waals surface area contributed by atoms with Crippen LogP contribution in [0.5, 0.6) is 0 Å². The monoisotopic (exact) mass is 200 g/mol. The molecule has 0 saturated heterocycles. The van der Waals surface area contributed by atoms with E-state index in [1.807, 2.05) is 0 Å². The summed E-state index contributed by atoms with van der Waals surface area (Å²) >= 11 is 0. The fraction of sp³-hybridized carbons (Fsp3) is 0.111. The second kappa shape index (κ2) is 3.44. The fourth-order valence-corrected chi connectivity index (χ4v) is 1.16. The van der Waals surface area contributed by atoms with E-state index in [1.54, 1.807) is 0 Å². The third-order valence-corrected chi connectivity index (χ3v) is 1.55. The van der Waals surface area contributed by atoms with Gasteiger partial charge in [-0.15, -0.1) is 35.5 Å². The molecule has 0 heterocycles. The summed E-state index contributed by atoms with van der Waals surface area (Å²) in [6.07, 6.45) is 11.6. The Labute approximate surface area is 110 Å². The molecule has 0 amide bonds. The van der Waals surface area contributed by atoms with Crippen LogP contribution in [0.2, 0.25) is 0 Å². The summed E-state index contributed by atoms with van der Waals surface area (Å²) in [4.78, 5) is 0. The van der Waals surface area contributed by atoms with Crippen molar-refractivity contribution in [1.82, 2.24) is 0 Å². The molecule has 0 aliphatic heterocycles. The molecule has 0 atom stereocenters. The number of fused-ring (bicyclic) bond motifs is 1. The van der Waals surface area contributed by atoms with Crippen LogP contribution in [-0.2, 0) is 0 Å². The fourth-order valence-electron chi connectivity index (χ4n) is 1.16. The zero-order valence-electron chi connectivity index (χ0n) is 6.31. The van der Waals surface area contributed by atoms with Gasteiger partial charge in [0.05, 0.1) is 0 Å². The maximum atomic E-state index is 3.24. The molecule has 0 spiro atoms. The van der Waals surface area contributed by atoms with Crippen molar-refractivity contribution in [2.45, 2.75) is 6.92 Å². The predicted octanol–water partition coefficient (Wildman–Crippen LogP) is -0.824. The number of hydrogen-bond donors (Lipinski definition) is 0. The van der Waals surface area contributed by atoms with Crippen molar-refractivity contribution in [3.05, 3.63) is 47.1 Å². The Balaban J connectivity index is 0.000000500. The summed E-state index contributed by atoms with van der Waals surface area (Å²) < 4.78 is 0. The first-order valence-electron chi connectivity index (χ1n) is 3.07. The SMILES string of the molecule is CC1=[C-]C2=CC=CC2=C1.[Rb+]. The van der Waals surface area contributed by atoms with Crippen LogP contribution < -0.4 is 58.2 Å². The molecule has 2 aliphatic carbocycles.